The van der Waals surface area contributed by atoms with Crippen LogP contribution in [0.4, 0.5) is 4.39 Å². The summed E-state index contributed by atoms with van der Waals surface area (Å²) in [5, 5.41) is 8.78. The molecule has 1 aromatic carbocycles. The molecule has 2 rings (SSSR count). The van der Waals surface area contributed by atoms with Crippen molar-refractivity contribution in [1.82, 2.24) is 4.90 Å². The van der Waals surface area contributed by atoms with Crippen LogP contribution in [-0.2, 0) is 4.79 Å². The molecule has 4 nitrogen and oxygen atoms in total. The Morgan fingerprint density at radius 1 is 1.44 bits per heavy atom. The predicted octanol–water partition coefficient (Wildman–Crippen LogP) is 1.82. The van der Waals surface area contributed by atoms with Gasteiger partial charge in [0.25, 0.3) is 5.91 Å². The minimum Gasteiger partial charge on any atom is -0.480 e. The second kappa shape index (κ2) is 4.76. The molecule has 0 radical (unpaired) electrons. The number of carboxylic acids is 1. The molecule has 0 unspecified atom stereocenters. The Balaban J connectivity index is 2.24. The van der Waals surface area contributed by atoms with Gasteiger partial charge < -0.3 is 10.0 Å². The van der Waals surface area contributed by atoms with Gasteiger partial charge in [0.2, 0.25) is 0 Å². The van der Waals surface area contributed by atoms with Gasteiger partial charge in [0, 0.05) is 6.04 Å². The quantitative estimate of drug-likeness (QED) is 0.888. The third-order valence-electron chi connectivity index (χ3n) is 2.91. The summed E-state index contributed by atoms with van der Waals surface area (Å²) in [5.41, 5.74) is 0.661. The van der Waals surface area contributed by atoms with Crippen LogP contribution in [0.2, 0.25) is 0 Å². The number of aryl methyl sites for hydroxylation is 1. The zero-order valence-electron chi connectivity index (χ0n) is 10.0. The van der Waals surface area contributed by atoms with Crippen molar-refractivity contribution in [2.24, 2.45) is 0 Å². The van der Waals surface area contributed by atoms with Gasteiger partial charge >= 0.3 is 5.97 Å². The molecular formula is C13H14FNO3. The maximum Gasteiger partial charge on any atom is 0.323 e. The Morgan fingerprint density at radius 3 is 2.61 bits per heavy atom. The number of aliphatic carboxylic acids is 1. The molecule has 0 aromatic heterocycles. The summed E-state index contributed by atoms with van der Waals surface area (Å²) in [5.74, 6) is -2.23. The van der Waals surface area contributed by atoms with Crippen LogP contribution in [0.25, 0.3) is 0 Å². The first kappa shape index (κ1) is 12.5. The van der Waals surface area contributed by atoms with Gasteiger partial charge in [-0.1, -0.05) is 6.07 Å². The summed E-state index contributed by atoms with van der Waals surface area (Å²) in [6.07, 6.45) is 1.57. The molecule has 1 fully saturated rings. The van der Waals surface area contributed by atoms with Crippen LogP contribution >= 0.6 is 0 Å². The van der Waals surface area contributed by atoms with E-state index in [0.29, 0.717) is 0 Å². The molecule has 1 aromatic rings. The lowest BCUT2D eigenvalue weighted by Gasteiger charge is -2.20. The second-order valence-corrected chi connectivity index (χ2v) is 4.54. The molecule has 1 saturated carbocycles. The highest BCUT2D eigenvalue weighted by Crippen LogP contribution is 2.28. The maximum atomic E-state index is 13.7. The van der Waals surface area contributed by atoms with E-state index in [4.69, 9.17) is 5.11 Å². The summed E-state index contributed by atoms with van der Waals surface area (Å²) in [4.78, 5) is 24.1. The fourth-order valence-electron chi connectivity index (χ4n) is 1.85. The second-order valence-electron chi connectivity index (χ2n) is 4.54. The van der Waals surface area contributed by atoms with E-state index in [2.05, 4.69) is 0 Å². The smallest absolute Gasteiger partial charge is 0.323 e. The third-order valence-corrected chi connectivity index (χ3v) is 2.91. The summed E-state index contributed by atoms with van der Waals surface area (Å²) >= 11 is 0. The monoisotopic (exact) mass is 251 g/mol. The van der Waals surface area contributed by atoms with Crippen LogP contribution < -0.4 is 0 Å². The number of hydrogen-bond donors (Lipinski definition) is 1. The molecule has 0 bridgehead atoms. The Labute approximate surface area is 104 Å². The van der Waals surface area contributed by atoms with Crippen molar-refractivity contribution >= 4 is 11.9 Å². The van der Waals surface area contributed by atoms with E-state index in [-0.39, 0.29) is 18.2 Å². The molecule has 0 spiro atoms. The number of amides is 1. The van der Waals surface area contributed by atoms with E-state index in [1.807, 2.05) is 0 Å². The largest absolute Gasteiger partial charge is 0.480 e. The highest BCUT2D eigenvalue weighted by atomic mass is 19.1. The van der Waals surface area contributed by atoms with Crippen molar-refractivity contribution in [2.75, 3.05) is 6.54 Å². The number of halogens is 1. The fraction of sp³-hybridized carbons (Fsp3) is 0.385. The Hall–Kier alpha value is -1.91. The first-order valence-corrected chi connectivity index (χ1v) is 5.78. The average molecular weight is 251 g/mol. The van der Waals surface area contributed by atoms with Gasteiger partial charge in [-0.2, -0.15) is 0 Å². The van der Waals surface area contributed by atoms with Gasteiger partial charge in [-0.05, 0) is 37.5 Å². The van der Waals surface area contributed by atoms with Crippen LogP contribution in [0.1, 0.15) is 28.8 Å². The molecule has 1 N–H and O–H groups in total. The van der Waals surface area contributed by atoms with Crippen molar-refractivity contribution < 1.29 is 19.1 Å². The van der Waals surface area contributed by atoms with Gasteiger partial charge in [-0.15, -0.1) is 0 Å². The van der Waals surface area contributed by atoms with Crippen LogP contribution in [0.3, 0.4) is 0 Å². The Bertz CT molecular complexity index is 497. The lowest BCUT2D eigenvalue weighted by Crippen LogP contribution is -2.37. The van der Waals surface area contributed by atoms with E-state index in [9.17, 15) is 14.0 Å². The minimum absolute atomic E-state index is 0.0608. The van der Waals surface area contributed by atoms with Crippen molar-refractivity contribution in [3.63, 3.8) is 0 Å². The molecule has 1 amide bonds. The van der Waals surface area contributed by atoms with E-state index in [1.54, 1.807) is 13.0 Å². The molecule has 5 heteroatoms. The predicted molar refractivity (Wildman–Crippen MR) is 62.8 cm³/mol. The number of hydrogen-bond acceptors (Lipinski definition) is 2. The zero-order valence-corrected chi connectivity index (χ0v) is 10.0. The van der Waals surface area contributed by atoms with Crippen LogP contribution in [0, 0.1) is 12.7 Å². The van der Waals surface area contributed by atoms with Crippen molar-refractivity contribution in [2.45, 2.75) is 25.8 Å². The number of carbonyl (C=O) groups excluding carboxylic acids is 1. The van der Waals surface area contributed by atoms with E-state index >= 15 is 0 Å². The lowest BCUT2D eigenvalue weighted by molar-refractivity contribution is -0.137. The number of carboxylic acid groups (broad SMARTS) is 1. The molecule has 1 aliphatic rings. The van der Waals surface area contributed by atoms with E-state index < -0.39 is 17.7 Å². The molecule has 0 saturated heterocycles. The molecule has 0 atom stereocenters. The zero-order chi connectivity index (χ0) is 13.3. The normalized spacial score (nSPS) is 14.3. The average Bonchev–Trinajstić information content (AvgIpc) is 3.08. The standard InChI is InChI=1S/C13H14FNO3/c1-8-2-5-10(11(14)6-8)13(18)15(7-12(16)17)9-3-4-9/h2,5-6,9H,3-4,7H2,1H3,(H,16,17). The van der Waals surface area contributed by atoms with Crippen LogP contribution in [0.5, 0.6) is 0 Å². The SMILES string of the molecule is Cc1ccc(C(=O)N(CC(=O)O)C2CC2)c(F)c1. The number of nitrogens with zero attached hydrogens (tertiary/aromatic N) is 1. The van der Waals surface area contributed by atoms with Crippen LogP contribution in [0.15, 0.2) is 18.2 Å². The molecule has 96 valence electrons. The summed E-state index contributed by atoms with van der Waals surface area (Å²) in [6.45, 7) is 1.35. The molecule has 0 heterocycles. The number of benzene rings is 1. The highest BCUT2D eigenvalue weighted by molar-refractivity contribution is 5.96. The number of rotatable bonds is 4. The summed E-state index contributed by atoms with van der Waals surface area (Å²) in [7, 11) is 0. The minimum atomic E-state index is -1.08. The first-order valence-electron chi connectivity index (χ1n) is 5.78. The van der Waals surface area contributed by atoms with Gasteiger partial charge in [-0.3, -0.25) is 9.59 Å². The summed E-state index contributed by atoms with van der Waals surface area (Å²) in [6, 6.07) is 4.26. The first-order chi connectivity index (χ1) is 8.49. The molecule has 1 aliphatic carbocycles. The van der Waals surface area contributed by atoms with Crippen LogP contribution in [-0.4, -0.2) is 34.5 Å². The van der Waals surface area contributed by atoms with Gasteiger partial charge in [0.15, 0.2) is 0 Å². The summed E-state index contributed by atoms with van der Waals surface area (Å²) < 4.78 is 13.7. The molecule has 18 heavy (non-hydrogen) atoms. The fourth-order valence-corrected chi connectivity index (χ4v) is 1.85. The third kappa shape index (κ3) is 2.67. The lowest BCUT2D eigenvalue weighted by atomic mass is 10.1. The van der Waals surface area contributed by atoms with Crippen molar-refractivity contribution in [1.29, 1.82) is 0 Å². The highest BCUT2D eigenvalue weighted by Gasteiger charge is 2.35. The molecular weight excluding hydrogens is 237 g/mol. The van der Waals surface area contributed by atoms with Crippen molar-refractivity contribution in [3.05, 3.63) is 35.1 Å². The Morgan fingerprint density at radius 2 is 2.11 bits per heavy atom. The molecule has 0 aliphatic heterocycles. The topological polar surface area (TPSA) is 57.6 Å². The van der Waals surface area contributed by atoms with E-state index in [1.165, 1.54) is 17.0 Å². The van der Waals surface area contributed by atoms with Gasteiger partial charge in [-0.25, -0.2) is 4.39 Å². The van der Waals surface area contributed by atoms with Gasteiger partial charge in [0.05, 0.1) is 5.56 Å². The van der Waals surface area contributed by atoms with Gasteiger partial charge in [0.1, 0.15) is 12.4 Å². The van der Waals surface area contributed by atoms with Crippen molar-refractivity contribution in [3.8, 4) is 0 Å². The maximum absolute atomic E-state index is 13.7. The number of carbonyl (C=O) groups is 2. The van der Waals surface area contributed by atoms with E-state index in [0.717, 1.165) is 18.4 Å². The Kier molecular flexibility index (Phi) is 3.32.